The van der Waals surface area contributed by atoms with Gasteiger partial charge in [0.2, 0.25) is 0 Å². The lowest BCUT2D eigenvalue weighted by molar-refractivity contribution is 0.0949. The number of hydrogen-bond acceptors (Lipinski definition) is 7. The summed E-state index contributed by atoms with van der Waals surface area (Å²) in [5.74, 6) is 0.836. The number of phenolic OH excluding ortho intramolecular Hbond substituents is 1. The van der Waals surface area contributed by atoms with Crippen molar-refractivity contribution in [3.05, 3.63) is 71.2 Å². The fraction of sp³-hybridized carbons (Fsp3) is 0.238. The Morgan fingerprint density at radius 2 is 1.90 bits per heavy atom. The lowest BCUT2D eigenvalue weighted by Crippen LogP contribution is -2.30. The van der Waals surface area contributed by atoms with Gasteiger partial charge in [0.15, 0.2) is 0 Å². The maximum Gasteiger partial charge on any atom is 0.254 e. The molecule has 0 saturated carbocycles. The molecular weight excluding hydrogens is 404 g/mol. The zero-order valence-electron chi connectivity index (χ0n) is 16.4. The number of nitrogens with one attached hydrogen (secondary N) is 2. The van der Waals surface area contributed by atoms with E-state index >= 15 is 0 Å². The summed E-state index contributed by atoms with van der Waals surface area (Å²) in [6.07, 6.45) is 2.21. The van der Waals surface area contributed by atoms with E-state index in [-0.39, 0.29) is 17.6 Å². The Balaban J connectivity index is 1.44. The van der Waals surface area contributed by atoms with Gasteiger partial charge in [-0.25, -0.2) is 4.98 Å². The number of aromatic hydroxyl groups is 1. The lowest BCUT2D eigenvalue weighted by atomic mass is 10.2. The molecule has 0 fully saturated rings. The number of benzene rings is 1. The molecule has 0 aliphatic rings. The van der Waals surface area contributed by atoms with Crippen molar-refractivity contribution in [3.8, 4) is 5.75 Å². The highest BCUT2D eigenvalue weighted by atomic mass is 32.2. The Morgan fingerprint density at radius 1 is 1.10 bits per heavy atom. The van der Waals surface area contributed by atoms with Gasteiger partial charge in [-0.3, -0.25) is 9.59 Å². The van der Waals surface area contributed by atoms with Crippen molar-refractivity contribution in [2.45, 2.75) is 24.1 Å². The topological polar surface area (TPSA) is 117 Å². The Hall–Kier alpha value is -3.33. The van der Waals surface area contributed by atoms with Gasteiger partial charge >= 0.3 is 0 Å². The highest BCUT2D eigenvalue weighted by Crippen LogP contribution is 2.24. The molecule has 0 bridgehead atoms. The fourth-order valence-corrected chi connectivity index (χ4v) is 3.52. The molecule has 0 unspecified atom stereocenters. The molecule has 0 atom stereocenters. The van der Waals surface area contributed by atoms with Crippen molar-refractivity contribution < 1.29 is 19.2 Å². The number of hydrogen-bond donors (Lipinski definition) is 3. The summed E-state index contributed by atoms with van der Waals surface area (Å²) in [5, 5.41) is 19.6. The van der Waals surface area contributed by atoms with Crippen molar-refractivity contribution in [1.29, 1.82) is 0 Å². The number of aryl methyl sites for hydroxylation is 1. The summed E-state index contributed by atoms with van der Waals surface area (Å²) in [6.45, 7) is 2.63. The number of carbonyl (C=O) groups excluding carboxylic acids is 2. The van der Waals surface area contributed by atoms with Crippen molar-refractivity contribution in [2.75, 3.05) is 13.1 Å². The largest absolute Gasteiger partial charge is 0.508 e. The number of nitrogens with zero attached hydrogens (tertiary/aromatic N) is 2. The minimum atomic E-state index is -0.272. The molecule has 156 valence electrons. The lowest BCUT2D eigenvalue weighted by Gasteiger charge is -2.09. The zero-order chi connectivity index (χ0) is 21.3. The number of pyridine rings is 1. The van der Waals surface area contributed by atoms with Crippen molar-refractivity contribution in [3.63, 3.8) is 0 Å². The quantitative estimate of drug-likeness (QED) is 0.356. The molecule has 2 amide bonds. The molecule has 1 aromatic carbocycles. The average Bonchev–Trinajstić information content (AvgIpc) is 3.17. The highest BCUT2D eigenvalue weighted by Gasteiger charge is 2.13. The molecule has 9 heteroatoms. The van der Waals surface area contributed by atoms with Gasteiger partial charge in [-0.2, -0.15) is 0 Å². The standard InChI is InChI=1S/C21H22N4O4S/c1-14-11-16(25-29-14)13-30-21-18(7-3-8-24-21)20(28)23-10-4-9-22-19(27)15-5-2-6-17(26)12-15/h2-3,5-8,11-12,26H,4,9-10,13H2,1H3,(H,22,27)(H,23,28). The highest BCUT2D eigenvalue weighted by molar-refractivity contribution is 7.98. The molecule has 0 saturated heterocycles. The van der Waals surface area contributed by atoms with Crippen LogP contribution in [-0.2, 0) is 5.75 Å². The van der Waals surface area contributed by atoms with E-state index in [4.69, 9.17) is 4.52 Å². The van der Waals surface area contributed by atoms with E-state index in [0.717, 1.165) is 11.5 Å². The SMILES string of the molecule is Cc1cc(CSc2ncccc2C(=O)NCCCNC(=O)c2cccc(O)c2)no1. The summed E-state index contributed by atoms with van der Waals surface area (Å²) >= 11 is 1.42. The first-order valence-electron chi connectivity index (χ1n) is 9.38. The number of amides is 2. The number of aromatic nitrogens is 2. The minimum Gasteiger partial charge on any atom is -0.508 e. The molecule has 8 nitrogen and oxygen atoms in total. The summed E-state index contributed by atoms with van der Waals surface area (Å²) in [5.41, 5.74) is 1.67. The Kier molecular flexibility index (Phi) is 7.45. The summed E-state index contributed by atoms with van der Waals surface area (Å²) in [6, 6.07) is 11.4. The molecule has 3 rings (SSSR count). The average molecular weight is 426 g/mol. The first-order valence-corrected chi connectivity index (χ1v) is 10.4. The van der Waals surface area contributed by atoms with E-state index in [2.05, 4.69) is 20.8 Å². The number of rotatable bonds is 9. The van der Waals surface area contributed by atoms with Crippen LogP contribution in [0.1, 0.15) is 38.6 Å². The van der Waals surface area contributed by atoms with Crippen LogP contribution in [0.25, 0.3) is 0 Å². The third kappa shape index (κ3) is 6.08. The van der Waals surface area contributed by atoms with Crippen LogP contribution in [0.4, 0.5) is 0 Å². The van der Waals surface area contributed by atoms with Crippen LogP contribution in [0.2, 0.25) is 0 Å². The normalized spacial score (nSPS) is 10.6. The van der Waals surface area contributed by atoms with Crippen LogP contribution >= 0.6 is 11.8 Å². The van der Waals surface area contributed by atoms with Crippen molar-refractivity contribution in [2.24, 2.45) is 0 Å². The fourth-order valence-electron chi connectivity index (χ4n) is 2.64. The van der Waals surface area contributed by atoms with E-state index in [9.17, 15) is 14.7 Å². The second-order valence-electron chi connectivity index (χ2n) is 6.49. The molecule has 0 radical (unpaired) electrons. The predicted molar refractivity (Wildman–Crippen MR) is 112 cm³/mol. The second-order valence-corrected chi connectivity index (χ2v) is 7.45. The molecule has 3 N–H and O–H groups in total. The van der Waals surface area contributed by atoms with Gasteiger partial charge in [0.1, 0.15) is 16.5 Å². The Morgan fingerprint density at radius 3 is 2.63 bits per heavy atom. The monoisotopic (exact) mass is 426 g/mol. The van der Waals surface area contributed by atoms with Crippen LogP contribution in [0.15, 0.2) is 58.2 Å². The molecule has 2 heterocycles. The van der Waals surface area contributed by atoms with Crippen molar-refractivity contribution in [1.82, 2.24) is 20.8 Å². The van der Waals surface area contributed by atoms with E-state index in [1.165, 1.54) is 23.9 Å². The van der Waals surface area contributed by atoms with Crippen LogP contribution in [0, 0.1) is 6.92 Å². The van der Waals surface area contributed by atoms with E-state index in [1.54, 1.807) is 30.5 Å². The van der Waals surface area contributed by atoms with E-state index in [1.807, 2.05) is 13.0 Å². The number of carbonyl (C=O) groups is 2. The maximum atomic E-state index is 12.5. The van der Waals surface area contributed by atoms with Crippen LogP contribution < -0.4 is 10.6 Å². The molecule has 2 aromatic heterocycles. The van der Waals surface area contributed by atoms with Gasteiger partial charge in [-0.05, 0) is 43.7 Å². The molecular formula is C21H22N4O4S. The van der Waals surface area contributed by atoms with Crippen LogP contribution in [-0.4, -0.2) is 40.2 Å². The Bertz CT molecular complexity index is 1020. The summed E-state index contributed by atoms with van der Waals surface area (Å²) < 4.78 is 5.05. The van der Waals surface area contributed by atoms with Gasteiger partial charge in [-0.15, -0.1) is 0 Å². The summed E-state index contributed by atoms with van der Waals surface area (Å²) in [4.78, 5) is 28.8. The first-order chi connectivity index (χ1) is 14.5. The first kappa shape index (κ1) is 21.4. The van der Waals surface area contributed by atoms with Crippen LogP contribution in [0.5, 0.6) is 5.75 Å². The number of phenols is 1. The zero-order valence-corrected chi connectivity index (χ0v) is 17.2. The second kappa shape index (κ2) is 10.4. The van der Waals surface area contributed by atoms with Gasteiger partial charge < -0.3 is 20.3 Å². The molecule has 0 spiro atoms. The minimum absolute atomic E-state index is 0.0405. The van der Waals surface area contributed by atoms with Gasteiger partial charge in [0.25, 0.3) is 11.8 Å². The van der Waals surface area contributed by atoms with E-state index < -0.39 is 0 Å². The number of thioether (sulfide) groups is 1. The molecule has 3 aromatic rings. The predicted octanol–water partition coefficient (Wildman–Crippen LogP) is 2.93. The van der Waals surface area contributed by atoms with Gasteiger partial charge in [-0.1, -0.05) is 23.0 Å². The smallest absolute Gasteiger partial charge is 0.254 e. The van der Waals surface area contributed by atoms with Crippen LogP contribution in [0.3, 0.4) is 0 Å². The molecule has 0 aliphatic heterocycles. The Labute approximate surface area is 178 Å². The maximum absolute atomic E-state index is 12.5. The van der Waals surface area contributed by atoms with Gasteiger partial charge in [0, 0.05) is 36.7 Å². The van der Waals surface area contributed by atoms with Gasteiger partial charge in [0.05, 0.1) is 11.3 Å². The molecule has 30 heavy (non-hydrogen) atoms. The summed E-state index contributed by atoms with van der Waals surface area (Å²) in [7, 11) is 0. The molecule has 0 aliphatic carbocycles. The van der Waals surface area contributed by atoms with E-state index in [0.29, 0.717) is 41.4 Å². The third-order valence-corrected chi connectivity index (χ3v) is 5.12. The third-order valence-electron chi connectivity index (χ3n) is 4.08. The van der Waals surface area contributed by atoms with Crippen molar-refractivity contribution >= 4 is 23.6 Å².